The molecule has 144 valence electrons. The van der Waals surface area contributed by atoms with Crippen molar-refractivity contribution >= 4 is 38.4 Å². The molecule has 1 saturated heterocycles. The lowest BCUT2D eigenvalue weighted by atomic mass is 10.1. The first-order valence-corrected chi connectivity index (χ1v) is 9.96. The summed E-state index contributed by atoms with van der Waals surface area (Å²) in [5.41, 5.74) is 2.20. The average molecular weight is 395 g/mol. The number of nitrogens with zero attached hydrogens (tertiary/aromatic N) is 3. The van der Waals surface area contributed by atoms with Crippen LogP contribution in [0.15, 0.2) is 42.5 Å². The molecule has 0 bridgehead atoms. The topological polar surface area (TPSA) is 62.7 Å². The summed E-state index contributed by atoms with van der Waals surface area (Å²) in [5, 5.41) is 0.973. The van der Waals surface area contributed by atoms with Crippen molar-refractivity contribution in [3.63, 3.8) is 0 Å². The maximum Gasteiger partial charge on any atom is 0.253 e. The zero-order valence-electron chi connectivity index (χ0n) is 15.8. The molecule has 28 heavy (non-hydrogen) atoms. The molecule has 1 aliphatic heterocycles. The number of hydrogen-bond donors (Lipinski definition) is 0. The fraction of sp³-hybridized carbons (Fsp3) is 0.286. The van der Waals surface area contributed by atoms with Crippen molar-refractivity contribution in [3.05, 3.63) is 53.6 Å². The Morgan fingerprint density at radius 3 is 2.32 bits per heavy atom. The quantitative estimate of drug-likeness (QED) is 0.633. The molecule has 1 aliphatic rings. The summed E-state index contributed by atoms with van der Waals surface area (Å²) in [6, 6.07) is 12.8. The number of ketones is 1. The van der Waals surface area contributed by atoms with Gasteiger partial charge in [0.15, 0.2) is 10.9 Å². The van der Waals surface area contributed by atoms with E-state index >= 15 is 0 Å². The first-order chi connectivity index (χ1) is 13.5. The van der Waals surface area contributed by atoms with Crippen molar-refractivity contribution in [2.24, 2.45) is 0 Å². The van der Waals surface area contributed by atoms with Crippen LogP contribution in [0.3, 0.4) is 0 Å². The summed E-state index contributed by atoms with van der Waals surface area (Å²) in [6.45, 7) is 4.30. The zero-order chi connectivity index (χ0) is 19.7. The van der Waals surface area contributed by atoms with E-state index in [1.54, 1.807) is 42.7 Å². The van der Waals surface area contributed by atoms with E-state index in [2.05, 4.69) is 4.90 Å². The first-order valence-electron chi connectivity index (χ1n) is 9.15. The Bertz CT molecular complexity index is 1020. The summed E-state index contributed by atoms with van der Waals surface area (Å²) in [4.78, 5) is 32.9. The van der Waals surface area contributed by atoms with Gasteiger partial charge in [-0.05, 0) is 37.3 Å². The van der Waals surface area contributed by atoms with Crippen molar-refractivity contribution in [3.8, 4) is 5.75 Å². The number of ether oxygens (including phenoxy) is 1. The Kier molecular flexibility index (Phi) is 5.00. The molecule has 4 rings (SSSR count). The second-order valence-electron chi connectivity index (χ2n) is 6.74. The van der Waals surface area contributed by atoms with Gasteiger partial charge in [0.05, 0.1) is 17.3 Å². The predicted molar refractivity (Wildman–Crippen MR) is 111 cm³/mol. The fourth-order valence-electron chi connectivity index (χ4n) is 3.29. The number of carbonyl (C=O) groups excluding carboxylic acids is 2. The van der Waals surface area contributed by atoms with E-state index in [1.807, 2.05) is 23.1 Å². The number of piperazine rings is 1. The number of Topliss-reactive ketones (excluding diaryl/α,β-unsaturated/α-hetero) is 1. The molecule has 0 radical (unpaired) electrons. The van der Waals surface area contributed by atoms with Crippen LogP contribution >= 0.6 is 11.3 Å². The van der Waals surface area contributed by atoms with E-state index in [0.29, 0.717) is 24.2 Å². The lowest BCUT2D eigenvalue weighted by Crippen LogP contribution is -2.48. The van der Waals surface area contributed by atoms with Crippen LogP contribution in [0, 0.1) is 0 Å². The Labute approximate surface area is 167 Å². The van der Waals surface area contributed by atoms with Gasteiger partial charge in [-0.25, -0.2) is 4.98 Å². The second kappa shape index (κ2) is 7.59. The van der Waals surface area contributed by atoms with E-state index < -0.39 is 0 Å². The van der Waals surface area contributed by atoms with Gasteiger partial charge in [-0.2, -0.15) is 0 Å². The molecule has 2 aromatic carbocycles. The van der Waals surface area contributed by atoms with Crippen LogP contribution < -0.4 is 9.64 Å². The molecule has 1 amide bonds. The van der Waals surface area contributed by atoms with Gasteiger partial charge in [-0.3, -0.25) is 9.59 Å². The molecular formula is C21H21N3O3S. The number of thiazole rings is 1. The summed E-state index contributed by atoms with van der Waals surface area (Å²) < 4.78 is 6.38. The summed E-state index contributed by atoms with van der Waals surface area (Å²) in [7, 11) is 1.66. The van der Waals surface area contributed by atoms with Gasteiger partial charge in [0.1, 0.15) is 5.75 Å². The van der Waals surface area contributed by atoms with Crippen molar-refractivity contribution in [1.82, 2.24) is 9.88 Å². The van der Waals surface area contributed by atoms with E-state index in [9.17, 15) is 9.59 Å². The van der Waals surface area contributed by atoms with Crippen molar-refractivity contribution in [2.75, 3.05) is 38.2 Å². The number of rotatable bonds is 4. The van der Waals surface area contributed by atoms with E-state index in [0.717, 1.165) is 34.2 Å². The van der Waals surface area contributed by atoms with Gasteiger partial charge in [0.25, 0.3) is 5.91 Å². The monoisotopic (exact) mass is 395 g/mol. The highest BCUT2D eigenvalue weighted by Gasteiger charge is 2.24. The summed E-state index contributed by atoms with van der Waals surface area (Å²) >= 11 is 1.64. The normalized spacial score (nSPS) is 14.4. The third kappa shape index (κ3) is 3.57. The summed E-state index contributed by atoms with van der Waals surface area (Å²) in [6.07, 6.45) is 0. The molecule has 0 unspecified atom stereocenters. The summed E-state index contributed by atoms with van der Waals surface area (Å²) in [5.74, 6) is 0.832. The molecule has 3 aromatic rings. The zero-order valence-corrected chi connectivity index (χ0v) is 16.7. The molecule has 0 saturated carbocycles. The van der Waals surface area contributed by atoms with Crippen LogP contribution in [0.4, 0.5) is 5.13 Å². The number of carbonyl (C=O) groups is 2. The maximum atomic E-state index is 12.7. The van der Waals surface area contributed by atoms with E-state index in [4.69, 9.17) is 9.72 Å². The smallest absolute Gasteiger partial charge is 0.253 e. The molecule has 1 fully saturated rings. The van der Waals surface area contributed by atoms with Gasteiger partial charge >= 0.3 is 0 Å². The molecule has 0 aliphatic carbocycles. The highest BCUT2D eigenvalue weighted by atomic mass is 32.1. The van der Waals surface area contributed by atoms with Crippen LogP contribution in [0.1, 0.15) is 27.6 Å². The standard InChI is InChI=1S/C21H21N3O3S/c1-14(25)15-3-5-16(6-4-15)20(26)23-9-11-24(12-10-23)21-22-18-8-7-17(27-2)13-19(18)28-21/h3-8,13H,9-12H2,1-2H3. The fourth-order valence-corrected chi connectivity index (χ4v) is 4.33. The number of anilines is 1. The molecular weight excluding hydrogens is 374 g/mol. The van der Waals surface area contributed by atoms with Gasteiger partial charge in [-0.15, -0.1) is 0 Å². The first kappa shape index (κ1) is 18.4. The lowest BCUT2D eigenvalue weighted by molar-refractivity contribution is 0.0746. The minimum absolute atomic E-state index is 0.000989. The Hall–Kier alpha value is -2.93. The largest absolute Gasteiger partial charge is 0.497 e. The molecule has 1 aromatic heterocycles. The number of benzene rings is 2. The number of fused-ring (bicyclic) bond motifs is 1. The third-order valence-electron chi connectivity index (χ3n) is 4.96. The molecule has 0 N–H and O–H groups in total. The van der Waals surface area contributed by atoms with Crippen molar-refractivity contribution < 1.29 is 14.3 Å². The SMILES string of the molecule is COc1ccc2nc(N3CCN(C(=O)c4ccc(C(C)=O)cc4)CC3)sc2c1. The van der Waals surface area contributed by atoms with Crippen molar-refractivity contribution in [1.29, 1.82) is 0 Å². The van der Waals surface area contributed by atoms with Crippen LogP contribution in [-0.4, -0.2) is 54.9 Å². The molecule has 2 heterocycles. The van der Waals surface area contributed by atoms with Gasteiger partial charge < -0.3 is 14.5 Å². The van der Waals surface area contributed by atoms with Crippen LogP contribution in [0.5, 0.6) is 5.75 Å². The van der Waals surface area contributed by atoms with Gasteiger partial charge in [-0.1, -0.05) is 23.5 Å². The van der Waals surface area contributed by atoms with Crippen LogP contribution in [0.2, 0.25) is 0 Å². The molecule has 0 spiro atoms. The van der Waals surface area contributed by atoms with E-state index in [-0.39, 0.29) is 11.7 Å². The lowest BCUT2D eigenvalue weighted by Gasteiger charge is -2.34. The average Bonchev–Trinajstić information content (AvgIpc) is 3.16. The number of methoxy groups -OCH3 is 1. The Balaban J connectivity index is 1.42. The number of amides is 1. The maximum absolute atomic E-state index is 12.7. The van der Waals surface area contributed by atoms with Gasteiger partial charge in [0.2, 0.25) is 0 Å². The minimum atomic E-state index is 0.000989. The molecule has 6 nitrogen and oxygen atoms in total. The predicted octanol–water partition coefficient (Wildman–Crippen LogP) is 3.47. The number of aromatic nitrogens is 1. The molecule has 7 heteroatoms. The third-order valence-corrected chi connectivity index (χ3v) is 6.04. The number of hydrogen-bond acceptors (Lipinski definition) is 6. The van der Waals surface area contributed by atoms with Crippen LogP contribution in [-0.2, 0) is 0 Å². The Morgan fingerprint density at radius 1 is 1.00 bits per heavy atom. The minimum Gasteiger partial charge on any atom is -0.497 e. The highest BCUT2D eigenvalue weighted by molar-refractivity contribution is 7.22. The molecule has 0 atom stereocenters. The van der Waals surface area contributed by atoms with Gasteiger partial charge in [0, 0.05) is 37.3 Å². The van der Waals surface area contributed by atoms with Crippen molar-refractivity contribution in [2.45, 2.75) is 6.92 Å². The highest BCUT2D eigenvalue weighted by Crippen LogP contribution is 2.31. The second-order valence-corrected chi connectivity index (χ2v) is 7.75. The Morgan fingerprint density at radius 2 is 1.68 bits per heavy atom. The van der Waals surface area contributed by atoms with E-state index in [1.165, 1.54) is 6.92 Å². The van der Waals surface area contributed by atoms with Crippen LogP contribution in [0.25, 0.3) is 10.2 Å².